The fourth-order valence-electron chi connectivity index (χ4n) is 1.65. The van der Waals surface area contributed by atoms with E-state index >= 15 is 0 Å². The summed E-state index contributed by atoms with van der Waals surface area (Å²) in [5.74, 6) is 0.584. The lowest BCUT2D eigenvalue weighted by molar-refractivity contribution is 0.0595. The molecule has 1 aromatic carbocycles. The molecule has 0 bridgehead atoms. The predicted octanol–water partition coefficient (Wildman–Crippen LogP) is 2.83. The van der Waals surface area contributed by atoms with Gasteiger partial charge in [0.2, 0.25) is 0 Å². The fourth-order valence-corrected chi connectivity index (χ4v) is 2.25. The Bertz CT molecular complexity index is 609. The average Bonchev–Trinajstić information content (AvgIpc) is 2.89. The quantitative estimate of drug-likeness (QED) is 0.793. The Hall–Kier alpha value is -2.08. The first kappa shape index (κ1) is 14.3. The van der Waals surface area contributed by atoms with Crippen molar-refractivity contribution in [1.82, 2.24) is 4.98 Å². The molecule has 0 aliphatic rings. The van der Waals surface area contributed by atoms with Crippen LogP contribution in [0.1, 0.15) is 21.1 Å². The summed E-state index contributed by atoms with van der Waals surface area (Å²) in [6, 6.07) is 4.96. The van der Waals surface area contributed by atoms with Crippen LogP contribution in [-0.2, 0) is 11.3 Å². The van der Waals surface area contributed by atoms with E-state index in [0.717, 1.165) is 10.7 Å². The number of ether oxygens (including phenoxy) is 3. The Morgan fingerprint density at radius 1 is 1.35 bits per heavy atom. The highest BCUT2D eigenvalue weighted by atomic mass is 32.1. The van der Waals surface area contributed by atoms with E-state index in [4.69, 9.17) is 14.2 Å². The van der Waals surface area contributed by atoms with Crippen molar-refractivity contribution < 1.29 is 19.0 Å². The van der Waals surface area contributed by atoms with Crippen LogP contribution >= 0.6 is 11.3 Å². The highest BCUT2D eigenvalue weighted by Gasteiger charge is 2.14. The molecule has 5 nitrogen and oxygen atoms in total. The van der Waals surface area contributed by atoms with Crippen LogP contribution in [-0.4, -0.2) is 25.2 Å². The number of methoxy groups -OCH3 is 2. The number of aryl methyl sites for hydroxylation is 1. The lowest BCUT2D eigenvalue weighted by Crippen LogP contribution is -2.06. The zero-order valence-electron chi connectivity index (χ0n) is 11.5. The standard InChI is InChI=1S/C14H15NO4S/c1-9-15-10(8-20-9)7-19-13-6-11(17-2)4-5-12(13)14(16)18-3/h4-6,8H,7H2,1-3H3. The van der Waals surface area contributed by atoms with Crippen molar-refractivity contribution >= 4 is 17.3 Å². The summed E-state index contributed by atoms with van der Waals surface area (Å²) >= 11 is 1.55. The van der Waals surface area contributed by atoms with Crippen molar-refractivity contribution in [3.05, 3.63) is 39.8 Å². The molecule has 0 N–H and O–H groups in total. The van der Waals surface area contributed by atoms with E-state index in [9.17, 15) is 4.79 Å². The Balaban J connectivity index is 2.21. The molecule has 0 aliphatic carbocycles. The minimum Gasteiger partial charge on any atom is -0.497 e. The molecule has 20 heavy (non-hydrogen) atoms. The number of benzene rings is 1. The first-order chi connectivity index (χ1) is 9.63. The van der Waals surface area contributed by atoms with Gasteiger partial charge in [-0.25, -0.2) is 9.78 Å². The predicted molar refractivity (Wildman–Crippen MR) is 75.5 cm³/mol. The fraction of sp³-hybridized carbons (Fsp3) is 0.286. The molecule has 0 fully saturated rings. The zero-order valence-corrected chi connectivity index (χ0v) is 12.3. The van der Waals surface area contributed by atoms with Crippen molar-refractivity contribution in [2.75, 3.05) is 14.2 Å². The van der Waals surface area contributed by atoms with Crippen LogP contribution in [0, 0.1) is 6.92 Å². The van der Waals surface area contributed by atoms with E-state index < -0.39 is 5.97 Å². The van der Waals surface area contributed by atoms with Gasteiger partial charge in [-0.15, -0.1) is 11.3 Å². The summed E-state index contributed by atoms with van der Waals surface area (Å²) in [7, 11) is 2.89. The lowest BCUT2D eigenvalue weighted by Gasteiger charge is -2.11. The number of rotatable bonds is 5. The number of esters is 1. The first-order valence-corrected chi connectivity index (χ1v) is 6.82. The molecule has 0 radical (unpaired) electrons. The van der Waals surface area contributed by atoms with Gasteiger partial charge in [-0.1, -0.05) is 0 Å². The number of aromatic nitrogens is 1. The number of hydrogen-bond acceptors (Lipinski definition) is 6. The van der Waals surface area contributed by atoms with Crippen LogP contribution in [0.25, 0.3) is 0 Å². The van der Waals surface area contributed by atoms with Crippen LogP contribution in [0.5, 0.6) is 11.5 Å². The summed E-state index contributed by atoms with van der Waals surface area (Å²) in [5, 5.41) is 2.90. The second kappa shape index (κ2) is 6.38. The van der Waals surface area contributed by atoms with Crippen LogP contribution in [0.15, 0.2) is 23.6 Å². The maximum atomic E-state index is 11.7. The second-order valence-corrected chi connectivity index (χ2v) is 5.06. The highest BCUT2D eigenvalue weighted by Crippen LogP contribution is 2.26. The van der Waals surface area contributed by atoms with E-state index in [1.54, 1.807) is 36.6 Å². The topological polar surface area (TPSA) is 57.7 Å². The van der Waals surface area contributed by atoms with Gasteiger partial charge in [0.1, 0.15) is 23.7 Å². The molecule has 0 saturated heterocycles. The van der Waals surface area contributed by atoms with E-state index in [2.05, 4.69) is 4.98 Å². The van der Waals surface area contributed by atoms with Crippen LogP contribution < -0.4 is 9.47 Å². The molecule has 0 amide bonds. The van der Waals surface area contributed by atoms with Crippen molar-refractivity contribution in [2.45, 2.75) is 13.5 Å². The maximum Gasteiger partial charge on any atom is 0.341 e. The smallest absolute Gasteiger partial charge is 0.341 e. The zero-order chi connectivity index (χ0) is 14.5. The highest BCUT2D eigenvalue weighted by molar-refractivity contribution is 7.09. The molecule has 0 unspecified atom stereocenters. The molecule has 1 heterocycles. The largest absolute Gasteiger partial charge is 0.497 e. The molecule has 0 aliphatic heterocycles. The normalized spacial score (nSPS) is 10.2. The summed E-state index contributed by atoms with van der Waals surface area (Å²) in [4.78, 5) is 16.0. The van der Waals surface area contributed by atoms with Crippen molar-refractivity contribution in [3.8, 4) is 11.5 Å². The molecule has 6 heteroatoms. The minimum atomic E-state index is -0.447. The van der Waals surface area contributed by atoms with E-state index in [1.807, 2.05) is 12.3 Å². The van der Waals surface area contributed by atoms with E-state index in [0.29, 0.717) is 23.7 Å². The van der Waals surface area contributed by atoms with Gasteiger partial charge in [0.25, 0.3) is 0 Å². The molecule has 1 aromatic heterocycles. The van der Waals surface area contributed by atoms with Gasteiger partial charge >= 0.3 is 5.97 Å². The third-order valence-electron chi connectivity index (χ3n) is 2.64. The third kappa shape index (κ3) is 3.27. The average molecular weight is 293 g/mol. The lowest BCUT2D eigenvalue weighted by atomic mass is 10.2. The molecule has 0 saturated carbocycles. The number of nitrogens with zero attached hydrogens (tertiary/aromatic N) is 1. The van der Waals surface area contributed by atoms with Crippen molar-refractivity contribution in [2.24, 2.45) is 0 Å². The summed E-state index contributed by atoms with van der Waals surface area (Å²) in [5.41, 5.74) is 1.19. The molecule has 2 aromatic rings. The molecule has 106 valence electrons. The monoisotopic (exact) mass is 293 g/mol. The van der Waals surface area contributed by atoms with Crippen LogP contribution in [0.3, 0.4) is 0 Å². The maximum absolute atomic E-state index is 11.7. The minimum absolute atomic E-state index is 0.293. The Kier molecular flexibility index (Phi) is 4.57. The van der Waals surface area contributed by atoms with Crippen LogP contribution in [0.2, 0.25) is 0 Å². The molecule has 0 atom stereocenters. The number of thiazole rings is 1. The summed E-state index contributed by atoms with van der Waals surface area (Å²) < 4.78 is 15.5. The van der Waals surface area contributed by atoms with Crippen molar-refractivity contribution in [3.63, 3.8) is 0 Å². The number of hydrogen-bond donors (Lipinski definition) is 0. The summed E-state index contributed by atoms with van der Waals surface area (Å²) in [6.07, 6.45) is 0. The van der Waals surface area contributed by atoms with Gasteiger partial charge in [0.05, 0.1) is 24.9 Å². The number of carbonyl (C=O) groups excluding carboxylic acids is 1. The van der Waals surface area contributed by atoms with E-state index in [1.165, 1.54) is 7.11 Å². The molecule has 0 spiro atoms. The molecular formula is C14H15NO4S. The van der Waals surface area contributed by atoms with Gasteiger partial charge < -0.3 is 14.2 Å². The number of carbonyl (C=O) groups is 1. The van der Waals surface area contributed by atoms with Gasteiger partial charge in [0.15, 0.2) is 0 Å². The Morgan fingerprint density at radius 3 is 2.75 bits per heavy atom. The van der Waals surface area contributed by atoms with Crippen molar-refractivity contribution in [1.29, 1.82) is 0 Å². The van der Waals surface area contributed by atoms with Gasteiger partial charge in [-0.2, -0.15) is 0 Å². The van der Waals surface area contributed by atoms with E-state index in [-0.39, 0.29) is 0 Å². The molecular weight excluding hydrogens is 278 g/mol. The van der Waals surface area contributed by atoms with Gasteiger partial charge in [-0.3, -0.25) is 0 Å². The summed E-state index contributed by atoms with van der Waals surface area (Å²) in [6.45, 7) is 2.22. The third-order valence-corrected chi connectivity index (χ3v) is 3.46. The second-order valence-electron chi connectivity index (χ2n) is 4.00. The SMILES string of the molecule is COC(=O)c1ccc(OC)cc1OCc1csc(C)n1. The van der Waals surface area contributed by atoms with Gasteiger partial charge in [-0.05, 0) is 19.1 Å². The first-order valence-electron chi connectivity index (χ1n) is 5.94. The van der Waals surface area contributed by atoms with Gasteiger partial charge in [0, 0.05) is 11.4 Å². The Morgan fingerprint density at radius 2 is 2.15 bits per heavy atom. The molecule has 2 rings (SSSR count). The van der Waals surface area contributed by atoms with Crippen LogP contribution in [0.4, 0.5) is 0 Å². The Labute approximate surface area is 121 Å².